The molecule has 0 bridgehead atoms. The number of Topliss-reactive ketones (excluding diaryl/α,β-unsaturated/α-hetero) is 1. The van der Waals surface area contributed by atoms with Gasteiger partial charge < -0.3 is 14.6 Å². The average Bonchev–Trinajstić information content (AvgIpc) is 2.89. The van der Waals surface area contributed by atoms with Crippen LogP contribution in [-0.4, -0.2) is 16.5 Å². The summed E-state index contributed by atoms with van der Waals surface area (Å²) in [5.41, 5.74) is 2.79. The molecular formula is C24H26O4. The third-order valence-electron chi connectivity index (χ3n) is 5.44. The lowest BCUT2D eigenvalue weighted by Gasteiger charge is -2.33. The standard InChI is InChI=1S/C24H26O4/c1-23(2,3)15-8-6-14(7-9-15)12-19-22(26)20-18(27-19)13-17-16(21(20)25)10-11-24(4,5)28-17/h6-9,12-13,25H,10-11H2,1-5H3/b19-12-. The molecule has 0 unspecified atom stereocenters. The largest absolute Gasteiger partial charge is 0.507 e. The van der Waals surface area contributed by atoms with Crippen LogP contribution in [-0.2, 0) is 11.8 Å². The lowest BCUT2D eigenvalue weighted by atomic mass is 9.86. The van der Waals surface area contributed by atoms with Gasteiger partial charge in [-0.25, -0.2) is 0 Å². The summed E-state index contributed by atoms with van der Waals surface area (Å²) in [6.45, 7) is 10.5. The van der Waals surface area contributed by atoms with Gasteiger partial charge in [-0.3, -0.25) is 4.79 Å². The fourth-order valence-corrected chi connectivity index (χ4v) is 3.68. The van der Waals surface area contributed by atoms with Crippen molar-refractivity contribution in [1.82, 2.24) is 0 Å². The van der Waals surface area contributed by atoms with E-state index in [-0.39, 0.29) is 33.9 Å². The Kier molecular flexibility index (Phi) is 4.07. The van der Waals surface area contributed by atoms with Crippen LogP contribution in [0.5, 0.6) is 17.2 Å². The summed E-state index contributed by atoms with van der Waals surface area (Å²) >= 11 is 0. The van der Waals surface area contributed by atoms with Crippen molar-refractivity contribution < 1.29 is 19.4 Å². The molecule has 4 heteroatoms. The summed E-state index contributed by atoms with van der Waals surface area (Å²) in [4.78, 5) is 12.9. The Morgan fingerprint density at radius 3 is 2.43 bits per heavy atom. The van der Waals surface area contributed by atoms with Crippen molar-refractivity contribution in [3.05, 3.63) is 58.3 Å². The number of phenols is 1. The predicted octanol–water partition coefficient (Wildman–Crippen LogP) is 5.41. The normalized spacial score (nSPS) is 19.0. The second-order valence-electron chi connectivity index (χ2n) is 9.25. The van der Waals surface area contributed by atoms with Gasteiger partial charge in [0.05, 0.1) is 0 Å². The highest BCUT2D eigenvalue weighted by Crippen LogP contribution is 2.47. The number of allylic oxidation sites excluding steroid dienone is 1. The highest BCUT2D eigenvalue weighted by molar-refractivity contribution is 6.16. The van der Waals surface area contributed by atoms with Crippen LogP contribution in [0.1, 0.15) is 68.1 Å². The van der Waals surface area contributed by atoms with Gasteiger partial charge in [0.1, 0.15) is 28.4 Å². The molecule has 2 heterocycles. The smallest absolute Gasteiger partial charge is 0.235 e. The monoisotopic (exact) mass is 378 g/mol. The van der Waals surface area contributed by atoms with Crippen LogP contribution in [0.15, 0.2) is 36.1 Å². The third kappa shape index (κ3) is 3.17. The zero-order chi connectivity index (χ0) is 20.3. The lowest BCUT2D eigenvalue weighted by Crippen LogP contribution is -2.32. The van der Waals surface area contributed by atoms with E-state index in [2.05, 4.69) is 32.9 Å². The predicted molar refractivity (Wildman–Crippen MR) is 109 cm³/mol. The molecule has 2 aromatic rings. The van der Waals surface area contributed by atoms with Crippen LogP contribution in [0, 0.1) is 0 Å². The van der Waals surface area contributed by atoms with Crippen molar-refractivity contribution in [2.24, 2.45) is 0 Å². The minimum atomic E-state index is -0.302. The van der Waals surface area contributed by atoms with Crippen LogP contribution in [0.2, 0.25) is 0 Å². The van der Waals surface area contributed by atoms with Crippen molar-refractivity contribution >= 4 is 11.9 Å². The Morgan fingerprint density at radius 2 is 1.79 bits per heavy atom. The van der Waals surface area contributed by atoms with Crippen molar-refractivity contribution in [3.8, 4) is 17.2 Å². The first kappa shape index (κ1) is 18.6. The van der Waals surface area contributed by atoms with E-state index in [0.717, 1.165) is 12.0 Å². The summed E-state index contributed by atoms with van der Waals surface area (Å²) in [6, 6.07) is 9.80. The van der Waals surface area contributed by atoms with Gasteiger partial charge in [-0.15, -0.1) is 0 Å². The zero-order valence-corrected chi connectivity index (χ0v) is 17.1. The second kappa shape index (κ2) is 6.13. The summed E-state index contributed by atoms with van der Waals surface area (Å²) in [5.74, 6) is 0.863. The van der Waals surface area contributed by atoms with Gasteiger partial charge in [-0.1, -0.05) is 45.0 Å². The molecule has 146 valence electrons. The van der Waals surface area contributed by atoms with Crippen molar-refractivity contribution in [1.29, 1.82) is 0 Å². The molecule has 2 aromatic carbocycles. The van der Waals surface area contributed by atoms with Crippen LogP contribution >= 0.6 is 0 Å². The maximum atomic E-state index is 12.9. The number of rotatable bonds is 1. The molecule has 0 radical (unpaired) electrons. The molecule has 0 spiro atoms. The minimum Gasteiger partial charge on any atom is -0.507 e. The summed E-state index contributed by atoms with van der Waals surface area (Å²) in [7, 11) is 0. The molecule has 2 aliphatic rings. The molecule has 4 rings (SSSR count). The van der Waals surface area contributed by atoms with Crippen LogP contribution < -0.4 is 9.47 Å². The maximum absolute atomic E-state index is 12.9. The molecule has 0 aromatic heterocycles. The average molecular weight is 378 g/mol. The van der Waals surface area contributed by atoms with Crippen LogP contribution in [0.25, 0.3) is 6.08 Å². The number of hydrogen-bond donors (Lipinski definition) is 1. The van der Waals surface area contributed by atoms with Gasteiger partial charge in [0.15, 0.2) is 5.76 Å². The Balaban J connectivity index is 1.68. The fraction of sp³-hybridized carbons (Fsp3) is 0.375. The van der Waals surface area contributed by atoms with E-state index < -0.39 is 0 Å². The first-order valence-electron chi connectivity index (χ1n) is 9.68. The van der Waals surface area contributed by atoms with Gasteiger partial charge in [0.25, 0.3) is 0 Å². The Labute approximate surface area is 165 Å². The summed E-state index contributed by atoms with van der Waals surface area (Å²) < 4.78 is 11.8. The Hall–Kier alpha value is -2.75. The summed E-state index contributed by atoms with van der Waals surface area (Å²) in [5, 5.41) is 10.7. The molecule has 0 saturated carbocycles. The first-order valence-corrected chi connectivity index (χ1v) is 9.68. The third-order valence-corrected chi connectivity index (χ3v) is 5.44. The van der Waals surface area contributed by atoms with Crippen molar-refractivity contribution in [2.45, 2.75) is 58.5 Å². The van der Waals surface area contributed by atoms with Gasteiger partial charge in [-0.05, 0) is 49.3 Å². The molecule has 0 amide bonds. The van der Waals surface area contributed by atoms with Crippen molar-refractivity contribution in [3.63, 3.8) is 0 Å². The van der Waals surface area contributed by atoms with Crippen LogP contribution in [0.4, 0.5) is 0 Å². The number of hydrogen-bond acceptors (Lipinski definition) is 4. The van der Waals surface area contributed by atoms with E-state index in [4.69, 9.17) is 9.47 Å². The maximum Gasteiger partial charge on any atom is 0.235 e. The zero-order valence-electron chi connectivity index (χ0n) is 17.1. The number of fused-ring (bicyclic) bond motifs is 2. The Bertz CT molecular complexity index is 989. The van der Waals surface area contributed by atoms with Gasteiger partial charge in [-0.2, -0.15) is 0 Å². The summed E-state index contributed by atoms with van der Waals surface area (Å²) in [6.07, 6.45) is 3.17. The SMILES string of the molecule is CC1(C)CCc2c(cc3c(c2O)C(=O)/C(=C/c2ccc(C(C)(C)C)cc2)O3)O1. The molecule has 1 N–H and O–H groups in total. The van der Waals surface area contributed by atoms with E-state index in [1.165, 1.54) is 5.56 Å². The van der Waals surface area contributed by atoms with E-state index >= 15 is 0 Å². The number of ether oxygens (including phenoxy) is 2. The molecule has 2 aliphatic heterocycles. The van der Waals surface area contributed by atoms with E-state index in [1.54, 1.807) is 12.1 Å². The molecule has 0 fully saturated rings. The lowest BCUT2D eigenvalue weighted by molar-refractivity contribution is 0.0834. The van der Waals surface area contributed by atoms with E-state index in [0.29, 0.717) is 23.5 Å². The van der Waals surface area contributed by atoms with E-state index in [1.807, 2.05) is 26.0 Å². The minimum absolute atomic E-state index is 0.0144. The highest BCUT2D eigenvalue weighted by atomic mass is 16.5. The number of benzene rings is 2. The fourth-order valence-electron chi connectivity index (χ4n) is 3.68. The van der Waals surface area contributed by atoms with Crippen molar-refractivity contribution in [2.75, 3.05) is 0 Å². The molecule has 28 heavy (non-hydrogen) atoms. The number of carbonyl (C=O) groups is 1. The second-order valence-corrected chi connectivity index (χ2v) is 9.25. The van der Waals surface area contributed by atoms with Gasteiger partial charge in [0, 0.05) is 11.6 Å². The molecule has 4 nitrogen and oxygen atoms in total. The highest BCUT2D eigenvalue weighted by Gasteiger charge is 2.37. The molecular weight excluding hydrogens is 352 g/mol. The number of aromatic hydroxyl groups is 1. The van der Waals surface area contributed by atoms with Crippen LogP contribution in [0.3, 0.4) is 0 Å². The van der Waals surface area contributed by atoms with Gasteiger partial charge in [0.2, 0.25) is 5.78 Å². The number of ketones is 1. The quantitative estimate of drug-likeness (QED) is 0.674. The molecule has 0 saturated heterocycles. The molecule has 0 atom stereocenters. The molecule has 0 aliphatic carbocycles. The van der Waals surface area contributed by atoms with Gasteiger partial charge >= 0.3 is 0 Å². The number of carbonyl (C=O) groups excluding carboxylic acids is 1. The number of phenolic OH excluding ortho intramolecular Hbond substituents is 1. The Morgan fingerprint density at radius 1 is 1.11 bits per heavy atom. The first-order chi connectivity index (χ1) is 13.0. The topological polar surface area (TPSA) is 55.8 Å². The van der Waals surface area contributed by atoms with E-state index in [9.17, 15) is 9.90 Å².